The Labute approximate surface area is 133 Å². The van der Waals surface area contributed by atoms with E-state index in [1.165, 1.54) is 38.5 Å². The van der Waals surface area contributed by atoms with Crippen LogP contribution in [0.5, 0.6) is 0 Å². The van der Waals surface area contributed by atoms with Gasteiger partial charge in [0.2, 0.25) is 5.91 Å². The van der Waals surface area contributed by atoms with E-state index in [1.54, 1.807) is 0 Å². The van der Waals surface area contributed by atoms with E-state index in [0.29, 0.717) is 0 Å². The van der Waals surface area contributed by atoms with Gasteiger partial charge in [0.1, 0.15) is 0 Å². The molecule has 4 bridgehead atoms. The lowest BCUT2D eigenvalue weighted by Gasteiger charge is -2.57. The van der Waals surface area contributed by atoms with Gasteiger partial charge in [-0.2, -0.15) is 0 Å². The SMILES string of the molecule is CC(C)(C)NC(=O)NC(=O)CNC12CC3CC(CC(C3)C1)C2. The van der Waals surface area contributed by atoms with Crippen LogP contribution in [0.3, 0.4) is 0 Å². The molecule has 4 fully saturated rings. The van der Waals surface area contributed by atoms with Crippen LogP contribution >= 0.6 is 0 Å². The van der Waals surface area contributed by atoms with Crippen molar-refractivity contribution in [2.24, 2.45) is 17.8 Å². The van der Waals surface area contributed by atoms with E-state index in [9.17, 15) is 9.59 Å². The molecule has 22 heavy (non-hydrogen) atoms. The summed E-state index contributed by atoms with van der Waals surface area (Å²) in [4.78, 5) is 23.7. The van der Waals surface area contributed by atoms with Crippen molar-refractivity contribution >= 4 is 11.9 Å². The Bertz CT molecular complexity index is 432. The van der Waals surface area contributed by atoms with Gasteiger partial charge in [0, 0.05) is 11.1 Å². The van der Waals surface area contributed by atoms with Crippen LogP contribution in [0.15, 0.2) is 0 Å². The van der Waals surface area contributed by atoms with E-state index >= 15 is 0 Å². The van der Waals surface area contributed by atoms with Crippen molar-refractivity contribution in [3.63, 3.8) is 0 Å². The number of rotatable bonds is 3. The molecule has 4 saturated carbocycles. The average Bonchev–Trinajstić information content (AvgIpc) is 2.32. The number of imide groups is 1. The third-order valence-electron chi connectivity index (χ3n) is 5.40. The Morgan fingerprint density at radius 3 is 1.95 bits per heavy atom. The normalized spacial score (nSPS) is 36.2. The molecule has 4 aliphatic rings. The Morgan fingerprint density at radius 1 is 1.00 bits per heavy atom. The molecule has 0 saturated heterocycles. The maximum absolute atomic E-state index is 12.0. The highest BCUT2D eigenvalue weighted by atomic mass is 16.2. The number of hydrogen-bond donors (Lipinski definition) is 3. The number of carbonyl (C=O) groups is 2. The van der Waals surface area contributed by atoms with Crippen LogP contribution in [0, 0.1) is 17.8 Å². The molecule has 0 heterocycles. The molecule has 4 aliphatic carbocycles. The maximum atomic E-state index is 12.0. The average molecular weight is 307 g/mol. The minimum absolute atomic E-state index is 0.159. The van der Waals surface area contributed by atoms with E-state index in [2.05, 4.69) is 16.0 Å². The van der Waals surface area contributed by atoms with Crippen molar-refractivity contribution in [3.8, 4) is 0 Å². The van der Waals surface area contributed by atoms with Crippen molar-refractivity contribution in [3.05, 3.63) is 0 Å². The summed E-state index contributed by atoms with van der Waals surface area (Å²) in [6.07, 6.45) is 7.80. The van der Waals surface area contributed by atoms with Gasteiger partial charge in [0.05, 0.1) is 6.54 Å². The van der Waals surface area contributed by atoms with Gasteiger partial charge in [-0.25, -0.2) is 4.79 Å². The van der Waals surface area contributed by atoms with Crippen LogP contribution in [0.25, 0.3) is 0 Å². The molecule has 0 atom stereocenters. The molecule has 124 valence electrons. The van der Waals surface area contributed by atoms with Crippen LogP contribution in [0.2, 0.25) is 0 Å². The van der Waals surface area contributed by atoms with Gasteiger partial charge >= 0.3 is 6.03 Å². The van der Waals surface area contributed by atoms with Gasteiger partial charge < -0.3 is 10.6 Å². The summed E-state index contributed by atoms with van der Waals surface area (Å²) in [5, 5.41) is 8.67. The second kappa shape index (κ2) is 5.52. The number of nitrogens with one attached hydrogen (secondary N) is 3. The van der Waals surface area contributed by atoms with Crippen LogP contribution in [0.1, 0.15) is 59.3 Å². The van der Waals surface area contributed by atoms with Crippen molar-refractivity contribution in [2.45, 2.75) is 70.4 Å². The summed E-state index contributed by atoms with van der Waals surface area (Å²) < 4.78 is 0. The minimum atomic E-state index is -0.412. The van der Waals surface area contributed by atoms with Crippen LogP contribution in [-0.2, 0) is 4.79 Å². The Morgan fingerprint density at radius 2 is 1.50 bits per heavy atom. The zero-order valence-corrected chi connectivity index (χ0v) is 14.0. The third kappa shape index (κ3) is 3.62. The molecule has 5 heteroatoms. The van der Waals surface area contributed by atoms with Gasteiger partial charge in [-0.1, -0.05) is 0 Å². The predicted octanol–water partition coefficient (Wildman–Crippen LogP) is 2.17. The minimum Gasteiger partial charge on any atom is -0.333 e. The highest BCUT2D eigenvalue weighted by Gasteiger charge is 2.50. The Kier molecular flexibility index (Phi) is 3.96. The Hall–Kier alpha value is -1.10. The maximum Gasteiger partial charge on any atom is 0.321 e. The van der Waals surface area contributed by atoms with Crippen molar-refractivity contribution < 1.29 is 9.59 Å². The molecule has 3 N–H and O–H groups in total. The standard InChI is InChI=1S/C17H29N3O2/c1-16(2,3)20-15(22)19-14(21)10-18-17-7-11-4-12(8-17)6-13(5-11)9-17/h11-13,18H,4-10H2,1-3H3,(H2,19,20,21,22). The quantitative estimate of drug-likeness (QED) is 0.748. The van der Waals surface area contributed by atoms with Gasteiger partial charge in [0.15, 0.2) is 0 Å². The number of carbonyl (C=O) groups excluding carboxylic acids is 2. The lowest BCUT2D eigenvalue weighted by atomic mass is 9.53. The summed E-state index contributed by atoms with van der Waals surface area (Å²) in [6.45, 7) is 5.92. The zero-order chi connectivity index (χ0) is 16.0. The second-order valence-corrected chi connectivity index (χ2v) is 8.80. The summed E-state index contributed by atoms with van der Waals surface area (Å²) in [6, 6.07) is -0.412. The van der Waals surface area contributed by atoms with E-state index in [1.807, 2.05) is 20.8 Å². The van der Waals surface area contributed by atoms with Crippen LogP contribution in [0.4, 0.5) is 4.79 Å². The van der Waals surface area contributed by atoms with Crippen molar-refractivity contribution in [1.29, 1.82) is 0 Å². The summed E-state index contributed by atoms with van der Waals surface area (Å²) in [5.41, 5.74) is -0.176. The molecular weight excluding hydrogens is 278 g/mol. The lowest BCUT2D eigenvalue weighted by molar-refractivity contribution is -0.120. The molecule has 0 spiro atoms. The molecule has 4 rings (SSSR count). The summed E-state index contributed by atoms with van der Waals surface area (Å²) in [5.74, 6) is 2.32. The molecule has 0 aromatic heterocycles. The predicted molar refractivity (Wildman–Crippen MR) is 85.3 cm³/mol. The van der Waals surface area contributed by atoms with E-state index in [4.69, 9.17) is 0 Å². The first-order chi connectivity index (χ1) is 10.2. The fourth-order valence-electron chi connectivity index (χ4n) is 5.14. The lowest BCUT2D eigenvalue weighted by Crippen LogP contribution is -2.60. The van der Waals surface area contributed by atoms with Crippen LogP contribution in [-0.4, -0.2) is 29.6 Å². The molecule has 0 aliphatic heterocycles. The van der Waals surface area contributed by atoms with E-state index < -0.39 is 6.03 Å². The van der Waals surface area contributed by atoms with Gasteiger partial charge in [-0.3, -0.25) is 10.1 Å². The van der Waals surface area contributed by atoms with Crippen LogP contribution < -0.4 is 16.0 Å². The number of amides is 3. The van der Waals surface area contributed by atoms with Crippen molar-refractivity contribution in [2.75, 3.05) is 6.54 Å². The van der Waals surface area contributed by atoms with E-state index in [-0.39, 0.29) is 23.5 Å². The fourth-order valence-corrected chi connectivity index (χ4v) is 5.14. The first-order valence-electron chi connectivity index (χ1n) is 8.60. The highest BCUT2D eigenvalue weighted by Crippen LogP contribution is 2.55. The molecule has 0 radical (unpaired) electrons. The van der Waals surface area contributed by atoms with Gasteiger partial charge in [-0.05, 0) is 77.0 Å². The highest BCUT2D eigenvalue weighted by molar-refractivity contribution is 5.95. The summed E-state index contributed by atoms with van der Waals surface area (Å²) >= 11 is 0. The molecular formula is C17H29N3O2. The van der Waals surface area contributed by atoms with E-state index in [0.717, 1.165) is 17.8 Å². The first kappa shape index (κ1) is 15.8. The number of urea groups is 1. The fraction of sp³-hybridized carbons (Fsp3) is 0.882. The largest absolute Gasteiger partial charge is 0.333 e. The molecule has 5 nitrogen and oxygen atoms in total. The monoisotopic (exact) mass is 307 g/mol. The number of hydrogen-bond acceptors (Lipinski definition) is 3. The topological polar surface area (TPSA) is 70.2 Å². The molecule has 0 unspecified atom stereocenters. The Balaban J connectivity index is 1.48. The molecule has 3 amide bonds. The molecule has 0 aromatic rings. The second-order valence-electron chi connectivity index (χ2n) is 8.80. The van der Waals surface area contributed by atoms with Crippen molar-refractivity contribution in [1.82, 2.24) is 16.0 Å². The smallest absolute Gasteiger partial charge is 0.321 e. The van der Waals surface area contributed by atoms with Gasteiger partial charge in [-0.15, -0.1) is 0 Å². The first-order valence-corrected chi connectivity index (χ1v) is 8.60. The van der Waals surface area contributed by atoms with Gasteiger partial charge in [0.25, 0.3) is 0 Å². The summed E-state index contributed by atoms with van der Waals surface area (Å²) in [7, 11) is 0. The third-order valence-corrected chi connectivity index (χ3v) is 5.40. The zero-order valence-electron chi connectivity index (χ0n) is 14.0. The molecule has 0 aromatic carbocycles.